The van der Waals surface area contributed by atoms with Crippen molar-refractivity contribution < 1.29 is 4.74 Å². The van der Waals surface area contributed by atoms with Gasteiger partial charge in [-0.3, -0.25) is 0 Å². The molecule has 0 saturated heterocycles. The summed E-state index contributed by atoms with van der Waals surface area (Å²) in [5.41, 5.74) is 2.79. The fraction of sp³-hybridized carbons (Fsp3) is 0.385. The number of rotatable bonds is 1. The van der Waals surface area contributed by atoms with Crippen LogP contribution in [-0.4, -0.2) is 7.11 Å². The van der Waals surface area contributed by atoms with Crippen LogP contribution in [0, 0.1) is 0 Å². The molecule has 0 saturated carbocycles. The fourth-order valence-electron chi connectivity index (χ4n) is 2.06. The van der Waals surface area contributed by atoms with Crippen molar-refractivity contribution >= 4 is 0 Å². The zero-order chi connectivity index (χ0) is 10.2. The highest BCUT2D eigenvalue weighted by molar-refractivity contribution is 5.43. The quantitative estimate of drug-likeness (QED) is 0.615. The van der Waals surface area contributed by atoms with Crippen LogP contribution in [0.2, 0.25) is 0 Å². The van der Waals surface area contributed by atoms with Crippen LogP contribution >= 0.6 is 0 Å². The van der Waals surface area contributed by atoms with Crippen molar-refractivity contribution in [2.24, 2.45) is 0 Å². The van der Waals surface area contributed by atoms with Gasteiger partial charge in [0, 0.05) is 12.5 Å². The first-order valence-electron chi connectivity index (χ1n) is 4.97. The van der Waals surface area contributed by atoms with Crippen molar-refractivity contribution in [3.8, 4) is 0 Å². The molecule has 1 aromatic rings. The predicted octanol–water partition coefficient (Wildman–Crippen LogP) is 3.22. The smallest absolute Gasteiger partial charge is 0.101 e. The minimum atomic E-state index is 0.124. The zero-order valence-electron chi connectivity index (χ0n) is 8.95. The number of benzene rings is 1. The first-order valence-corrected chi connectivity index (χ1v) is 4.97. The fourth-order valence-corrected chi connectivity index (χ4v) is 2.06. The molecule has 1 aliphatic carbocycles. The highest BCUT2D eigenvalue weighted by Gasteiger charge is 2.27. The summed E-state index contributed by atoms with van der Waals surface area (Å²) in [4.78, 5) is 0. The molecule has 0 fully saturated rings. The second-order valence-electron chi connectivity index (χ2n) is 4.32. The summed E-state index contributed by atoms with van der Waals surface area (Å²) in [5.74, 6) is 0. The minimum absolute atomic E-state index is 0.124. The van der Waals surface area contributed by atoms with Crippen LogP contribution in [0.3, 0.4) is 0 Å². The van der Waals surface area contributed by atoms with Gasteiger partial charge >= 0.3 is 0 Å². The molecule has 14 heavy (non-hydrogen) atoms. The van der Waals surface area contributed by atoms with E-state index in [1.807, 2.05) is 0 Å². The highest BCUT2D eigenvalue weighted by atomic mass is 16.5. The maximum absolute atomic E-state index is 5.42. The topological polar surface area (TPSA) is 9.23 Å². The Hall–Kier alpha value is -1.08. The zero-order valence-corrected chi connectivity index (χ0v) is 8.95. The average molecular weight is 188 g/mol. The maximum atomic E-state index is 5.42. The maximum Gasteiger partial charge on any atom is 0.101 e. The van der Waals surface area contributed by atoms with Gasteiger partial charge in [-0.1, -0.05) is 50.3 Å². The van der Waals surface area contributed by atoms with E-state index in [1.54, 1.807) is 7.11 Å². The van der Waals surface area contributed by atoms with Crippen LogP contribution in [0.5, 0.6) is 0 Å². The first-order chi connectivity index (χ1) is 6.65. The molecule has 0 N–H and O–H groups in total. The summed E-state index contributed by atoms with van der Waals surface area (Å²) >= 11 is 0. The molecule has 0 aliphatic heterocycles. The Bertz CT molecular complexity index is 363. The molecule has 0 spiro atoms. The molecule has 74 valence electrons. The lowest BCUT2D eigenvalue weighted by atomic mass is 9.76. The lowest BCUT2D eigenvalue weighted by Gasteiger charge is -2.31. The average Bonchev–Trinajstić information content (AvgIpc) is 2.18. The third-order valence-electron chi connectivity index (χ3n) is 2.90. The normalized spacial score (nSPS) is 23.2. The molecular weight excluding hydrogens is 172 g/mol. The lowest BCUT2D eigenvalue weighted by Crippen LogP contribution is -2.22. The van der Waals surface area contributed by atoms with Crippen molar-refractivity contribution in [1.82, 2.24) is 0 Å². The standard InChI is InChI=1S/C13H16O/c1-13(2)9-8-12(14-3)10-6-4-5-7-11(10)13/h4-9,12H,1-3H3. The lowest BCUT2D eigenvalue weighted by molar-refractivity contribution is 0.138. The van der Waals surface area contributed by atoms with Gasteiger partial charge in [0.2, 0.25) is 0 Å². The summed E-state index contributed by atoms with van der Waals surface area (Å²) in [5, 5.41) is 0. The van der Waals surface area contributed by atoms with Gasteiger partial charge in [0.25, 0.3) is 0 Å². The molecule has 0 amide bonds. The Morgan fingerprint density at radius 1 is 1.21 bits per heavy atom. The number of fused-ring (bicyclic) bond motifs is 1. The molecule has 1 aromatic carbocycles. The van der Waals surface area contributed by atoms with E-state index in [2.05, 4.69) is 50.3 Å². The van der Waals surface area contributed by atoms with Gasteiger partial charge < -0.3 is 4.74 Å². The molecule has 2 rings (SSSR count). The number of hydrogen-bond donors (Lipinski definition) is 0. The Kier molecular flexibility index (Phi) is 2.20. The van der Waals surface area contributed by atoms with Crippen molar-refractivity contribution in [3.63, 3.8) is 0 Å². The minimum Gasteiger partial charge on any atom is -0.373 e. The third kappa shape index (κ3) is 1.38. The van der Waals surface area contributed by atoms with Crippen LogP contribution in [0.1, 0.15) is 31.1 Å². The monoisotopic (exact) mass is 188 g/mol. The summed E-state index contributed by atoms with van der Waals surface area (Å²) in [7, 11) is 1.75. The number of allylic oxidation sites excluding steroid dienone is 1. The van der Waals surface area contributed by atoms with Crippen molar-refractivity contribution in [2.45, 2.75) is 25.4 Å². The SMILES string of the molecule is COC1C=CC(C)(C)c2ccccc21. The Balaban J connectivity index is 2.56. The number of ether oxygens (including phenoxy) is 1. The van der Waals surface area contributed by atoms with Crippen molar-refractivity contribution in [2.75, 3.05) is 7.11 Å². The van der Waals surface area contributed by atoms with Gasteiger partial charge in [-0.05, 0) is 11.1 Å². The van der Waals surface area contributed by atoms with Crippen molar-refractivity contribution in [1.29, 1.82) is 0 Å². The van der Waals surface area contributed by atoms with Gasteiger partial charge in [0.1, 0.15) is 6.10 Å². The van der Waals surface area contributed by atoms with Gasteiger partial charge in [-0.25, -0.2) is 0 Å². The van der Waals surface area contributed by atoms with E-state index in [0.29, 0.717) is 0 Å². The van der Waals surface area contributed by atoms with Gasteiger partial charge in [-0.2, -0.15) is 0 Å². The van der Waals surface area contributed by atoms with E-state index in [1.165, 1.54) is 11.1 Å². The Morgan fingerprint density at radius 3 is 2.64 bits per heavy atom. The van der Waals surface area contributed by atoms with Crippen LogP contribution in [0.25, 0.3) is 0 Å². The van der Waals surface area contributed by atoms with Crippen LogP contribution < -0.4 is 0 Å². The predicted molar refractivity (Wildman–Crippen MR) is 58.4 cm³/mol. The van der Waals surface area contributed by atoms with Crippen LogP contribution in [-0.2, 0) is 10.2 Å². The van der Waals surface area contributed by atoms with Crippen LogP contribution in [0.15, 0.2) is 36.4 Å². The number of hydrogen-bond acceptors (Lipinski definition) is 1. The molecule has 1 nitrogen and oxygen atoms in total. The van der Waals surface area contributed by atoms with E-state index in [9.17, 15) is 0 Å². The molecule has 0 heterocycles. The molecule has 1 atom stereocenters. The van der Waals surface area contributed by atoms with E-state index in [4.69, 9.17) is 4.74 Å². The first kappa shape index (κ1) is 9.47. The Labute approximate surface area is 85.4 Å². The largest absolute Gasteiger partial charge is 0.373 e. The Morgan fingerprint density at radius 2 is 1.93 bits per heavy atom. The summed E-state index contributed by atoms with van der Waals surface area (Å²) in [6.07, 6.45) is 4.49. The van der Waals surface area contributed by atoms with E-state index in [0.717, 1.165) is 0 Å². The second kappa shape index (κ2) is 3.25. The van der Waals surface area contributed by atoms with Crippen LogP contribution in [0.4, 0.5) is 0 Å². The van der Waals surface area contributed by atoms with Gasteiger partial charge in [0.05, 0.1) is 0 Å². The third-order valence-corrected chi connectivity index (χ3v) is 2.90. The molecule has 1 unspecified atom stereocenters. The van der Waals surface area contributed by atoms with E-state index >= 15 is 0 Å². The van der Waals surface area contributed by atoms with Crippen molar-refractivity contribution in [3.05, 3.63) is 47.5 Å². The number of methoxy groups -OCH3 is 1. The second-order valence-corrected chi connectivity index (χ2v) is 4.32. The van der Waals surface area contributed by atoms with Gasteiger partial charge in [-0.15, -0.1) is 0 Å². The molecule has 0 bridgehead atoms. The molecule has 1 aliphatic rings. The summed E-state index contributed by atoms with van der Waals surface area (Å²) in [6, 6.07) is 8.49. The van der Waals surface area contributed by atoms with E-state index < -0.39 is 0 Å². The molecule has 0 aromatic heterocycles. The van der Waals surface area contributed by atoms with E-state index in [-0.39, 0.29) is 11.5 Å². The summed E-state index contributed by atoms with van der Waals surface area (Å²) in [6.45, 7) is 4.46. The molecule has 0 radical (unpaired) electrons. The highest BCUT2D eigenvalue weighted by Crippen LogP contribution is 2.37. The summed E-state index contributed by atoms with van der Waals surface area (Å²) < 4.78 is 5.42. The van der Waals surface area contributed by atoms with Gasteiger partial charge in [0.15, 0.2) is 0 Å². The molecule has 1 heteroatoms. The molecular formula is C13H16O.